The highest BCUT2D eigenvalue weighted by molar-refractivity contribution is 6.23. The third-order valence-electron chi connectivity index (χ3n) is 3.77. The van der Waals surface area contributed by atoms with E-state index in [9.17, 15) is 14.4 Å². The molecule has 0 saturated carbocycles. The van der Waals surface area contributed by atoms with Crippen molar-refractivity contribution in [3.8, 4) is 12.3 Å². The molecule has 0 radical (unpaired) electrons. The minimum atomic E-state index is -0.914. The van der Waals surface area contributed by atoms with Gasteiger partial charge in [-0.1, -0.05) is 24.1 Å². The molecule has 3 amide bonds. The summed E-state index contributed by atoms with van der Waals surface area (Å²) < 4.78 is 0. The van der Waals surface area contributed by atoms with Crippen molar-refractivity contribution in [2.24, 2.45) is 0 Å². The van der Waals surface area contributed by atoms with E-state index in [4.69, 9.17) is 6.42 Å². The fourth-order valence-corrected chi connectivity index (χ4v) is 2.77. The molecule has 0 bridgehead atoms. The summed E-state index contributed by atoms with van der Waals surface area (Å²) in [6.45, 7) is 3.86. The Kier molecular flexibility index (Phi) is 2.88. The molecule has 0 aliphatic carbocycles. The van der Waals surface area contributed by atoms with E-state index in [2.05, 4.69) is 12.5 Å². The summed E-state index contributed by atoms with van der Waals surface area (Å²) in [6, 6.07) is 4.99. The van der Waals surface area contributed by atoms with Gasteiger partial charge < -0.3 is 4.90 Å². The van der Waals surface area contributed by atoms with E-state index in [1.165, 1.54) is 4.90 Å². The van der Waals surface area contributed by atoms with Crippen molar-refractivity contribution in [3.05, 3.63) is 48.0 Å². The first kappa shape index (κ1) is 13.1. The van der Waals surface area contributed by atoms with Crippen LogP contribution in [0, 0.1) is 12.3 Å². The molecule has 1 aromatic rings. The molecule has 2 aliphatic heterocycles. The number of amides is 3. The van der Waals surface area contributed by atoms with Gasteiger partial charge in [0.1, 0.15) is 6.04 Å². The largest absolute Gasteiger partial charge is 0.321 e. The van der Waals surface area contributed by atoms with Crippen LogP contribution in [-0.4, -0.2) is 46.1 Å². The van der Waals surface area contributed by atoms with Crippen LogP contribution in [0.4, 0.5) is 0 Å². The van der Waals surface area contributed by atoms with Crippen molar-refractivity contribution in [1.29, 1.82) is 0 Å². The summed E-state index contributed by atoms with van der Waals surface area (Å²) in [4.78, 5) is 39.3. The molecule has 0 N–H and O–H groups in total. The number of hydrogen-bond acceptors (Lipinski definition) is 3. The van der Waals surface area contributed by atoms with E-state index < -0.39 is 23.9 Å². The van der Waals surface area contributed by atoms with E-state index in [0.29, 0.717) is 17.7 Å². The second-order valence-electron chi connectivity index (χ2n) is 4.86. The van der Waals surface area contributed by atoms with Gasteiger partial charge in [0.05, 0.1) is 11.1 Å². The van der Waals surface area contributed by atoms with Crippen molar-refractivity contribution in [1.82, 2.24) is 9.80 Å². The molecule has 2 atom stereocenters. The third-order valence-corrected chi connectivity index (χ3v) is 3.77. The van der Waals surface area contributed by atoms with Crippen LogP contribution >= 0.6 is 0 Å². The average molecular weight is 280 g/mol. The van der Waals surface area contributed by atoms with Gasteiger partial charge in [-0.15, -0.1) is 13.0 Å². The molecule has 0 unspecified atom stereocenters. The predicted octanol–water partition coefficient (Wildman–Crippen LogP) is 0.681. The number of imide groups is 1. The Morgan fingerprint density at radius 3 is 2.24 bits per heavy atom. The summed E-state index contributed by atoms with van der Waals surface area (Å²) in [6.07, 6.45) is 7.00. The standard InChI is InChI=1S/C16H12N2O3/c1-3-9-17-12(4-2)13(16(17)21)18-14(19)10-7-5-6-8-11(10)15(18)20/h2-3,5-8,12-13H,1,9H2/t12-,13+/m1/s1. The van der Waals surface area contributed by atoms with E-state index >= 15 is 0 Å². The second-order valence-corrected chi connectivity index (χ2v) is 4.86. The van der Waals surface area contributed by atoms with Crippen LogP contribution in [0.5, 0.6) is 0 Å². The maximum Gasteiger partial charge on any atom is 0.262 e. The van der Waals surface area contributed by atoms with Crippen molar-refractivity contribution in [2.45, 2.75) is 12.1 Å². The summed E-state index contributed by atoms with van der Waals surface area (Å²) in [7, 11) is 0. The number of fused-ring (bicyclic) bond motifs is 1. The first-order valence-corrected chi connectivity index (χ1v) is 6.46. The fourth-order valence-electron chi connectivity index (χ4n) is 2.77. The molecule has 0 spiro atoms. The Labute approximate surface area is 121 Å². The molecular formula is C16H12N2O3. The summed E-state index contributed by atoms with van der Waals surface area (Å²) >= 11 is 0. The van der Waals surface area contributed by atoms with Gasteiger partial charge >= 0.3 is 0 Å². The Hall–Kier alpha value is -2.87. The number of terminal acetylenes is 1. The Bertz CT molecular complexity index is 681. The Morgan fingerprint density at radius 1 is 1.19 bits per heavy atom. The molecule has 1 fully saturated rings. The number of hydrogen-bond donors (Lipinski definition) is 0. The minimum Gasteiger partial charge on any atom is -0.321 e. The zero-order valence-corrected chi connectivity index (χ0v) is 11.2. The lowest BCUT2D eigenvalue weighted by molar-refractivity contribution is -0.150. The van der Waals surface area contributed by atoms with E-state index in [1.807, 2.05) is 0 Å². The molecule has 3 rings (SSSR count). The number of likely N-dealkylation sites (tertiary alicyclic amines) is 1. The van der Waals surface area contributed by atoms with Crippen LogP contribution < -0.4 is 0 Å². The fraction of sp³-hybridized carbons (Fsp3) is 0.188. The molecule has 5 heteroatoms. The maximum atomic E-state index is 12.4. The van der Waals surface area contributed by atoms with Crippen LogP contribution in [0.25, 0.3) is 0 Å². The quantitative estimate of drug-likeness (QED) is 0.354. The van der Waals surface area contributed by atoms with Gasteiger partial charge in [0.2, 0.25) is 5.91 Å². The highest BCUT2D eigenvalue weighted by Crippen LogP contribution is 2.32. The zero-order chi connectivity index (χ0) is 15.1. The monoisotopic (exact) mass is 280 g/mol. The van der Waals surface area contributed by atoms with Crippen LogP contribution in [0.1, 0.15) is 20.7 Å². The number of carbonyl (C=O) groups is 3. The van der Waals surface area contributed by atoms with Crippen molar-refractivity contribution >= 4 is 17.7 Å². The van der Waals surface area contributed by atoms with Gasteiger partial charge in [-0.25, -0.2) is 0 Å². The number of benzene rings is 1. The molecule has 1 saturated heterocycles. The van der Waals surface area contributed by atoms with Gasteiger partial charge in [0.25, 0.3) is 11.8 Å². The lowest BCUT2D eigenvalue weighted by Crippen LogP contribution is -2.71. The van der Waals surface area contributed by atoms with Gasteiger partial charge in [-0.05, 0) is 12.1 Å². The second kappa shape index (κ2) is 4.60. The molecule has 2 aliphatic rings. The van der Waals surface area contributed by atoms with Crippen LogP contribution in [-0.2, 0) is 4.79 Å². The molecular weight excluding hydrogens is 268 g/mol. The van der Waals surface area contributed by atoms with Gasteiger partial charge in [-0.2, -0.15) is 0 Å². The number of β-lactam (4-membered cyclic amide) rings is 1. The van der Waals surface area contributed by atoms with E-state index in [0.717, 1.165) is 4.90 Å². The zero-order valence-electron chi connectivity index (χ0n) is 11.2. The Balaban J connectivity index is 1.95. The summed E-state index contributed by atoms with van der Waals surface area (Å²) in [5.74, 6) is 1.22. The van der Waals surface area contributed by atoms with Crippen molar-refractivity contribution in [3.63, 3.8) is 0 Å². The highest BCUT2D eigenvalue weighted by Gasteiger charge is 2.55. The lowest BCUT2D eigenvalue weighted by atomic mass is 9.94. The van der Waals surface area contributed by atoms with Crippen LogP contribution in [0.15, 0.2) is 36.9 Å². The van der Waals surface area contributed by atoms with Crippen LogP contribution in [0.3, 0.4) is 0 Å². The average Bonchev–Trinajstić information content (AvgIpc) is 2.75. The first-order chi connectivity index (χ1) is 10.1. The molecule has 104 valence electrons. The minimum absolute atomic E-state index is 0.299. The van der Waals surface area contributed by atoms with Gasteiger partial charge in [-0.3, -0.25) is 19.3 Å². The smallest absolute Gasteiger partial charge is 0.262 e. The highest BCUT2D eigenvalue weighted by atomic mass is 16.2. The number of rotatable bonds is 3. The number of nitrogens with zero attached hydrogens (tertiary/aromatic N) is 2. The third kappa shape index (κ3) is 1.62. The predicted molar refractivity (Wildman–Crippen MR) is 75.3 cm³/mol. The summed E-state index contributed by atoms with van der Waals surface area (Å²) in [5.41, 5.74) is 0.626. The molecule has 0 aromatic heterocycles. The topological polar surface area (TPSA) is 57.7 Å². The molecule has 1 aromatic carbocycles. The molecule has 21 heavy (non-hydrogen) atoms. The Morgan fingerprint density at radius 2 is 1.76 bits per heavy atom. The number of carbonyl (C=O) groups excluding carboxylic acids is 3. The summed E-state index contributed by atoms with van der Waals surface area (Å²) in [5, 5.41) is 0. The molecule has 2 heterocycles. The van der Waals surface area contributed by atoms with Crippen molar-refractivity contribution in [2.75, 3.05) is 6.54 Å². The normalized spacial score (nSPS) is 23.7. The maximum absolute atomic E-state index is 12.4. The lowest BCUT2D eigenvalue weighted by Gasteiger charge is -2.46. The van der Waals surface area contributed by atoms with E-state index in [-0.39, 0.29) is 5.91 Å². The molecule has 5 nitrogen and oxygen atoms in total. The van der Waals surface area contributed by atoms with Crippen molar-refractivity contribution < 1.29 is 14.4 Å². The van der Waals surface area contributed by atoms with Crippen LogP contribution in [0.2, 0.25) is 0 Å². The first-order valence-electron chi connectivity index (χ1n) is 6.46. The SMILES string of the molecule is C#C[C@@H]1[C@H](N2C(=O)c3ccccc3C2=O)C(=O)N1CC=C. The van der Waals surface area contributed by atoms with Gasteiger partial charge in [0.15, 0.2) is 6.04 Å². The van der Waals surface area contributed by atoms with Gasteiger partial charge in [0, 0.05) is 6.54 Å². The van der Waals surface area contributed by atoms with E-state index in [1.54, 1.807) is 30.3 Å².